The molecule has 0 aromatic carbocycles. The summed E-state index contributed by atoms with van der Waals surface area (Å²) in [6.45, 7) is 4.07. The standard InChI is InChI=1S/C15H22N4O5S/c1-4-5-16-14(23)9(2)17-12(21)8-25-15-18-10(6-11(20)19-15)7-13(22)24-3/h6,9H,4-5,7-8H2,1-3H3,(H,16,23)(H,17,21)(H,18,19,20)/t9-/m1/s1. The number of methoxy groups -OCH3 is 1. The monoisotopic (exact) mass is 370 g/mol. The van der Waals surface area contributed by atoms with Gasteiger partial charge < -0.3 is 20.4 Å². The molecule has 0 aliphatic heterocycles. The van der Waals surface area contributed by atoms with Gasteiger partial charge in [0.05, 0.1) is 25.0 Å². The van der Waals surface area contributed by atoms with Crippen LogP contribution < -0.4 is 16.2 Å². The van der Waals surface area contributed by atoms with E-state index in [-0.39, 0.29) is 34.8 Å². The van der Waals surface area contributed by atoms with E-state index in [9.17, 15) is 19.2 Å². The average Bonchev–Trinajstić information content (AvgIpc) is 2.57. The summed E-state index contributed by atoms with van der Waals surface area (Å²) in [4.78, 5) is 53.0. The van der Waals surface area contributed by atoms with Crippen molar-refractivity contribution in [1.82, 2.24) is 20.6 Å². The Balaban J connectivity index is 2.56. The van der Waals surface area contributed by atoms with Gasteiger partial charge in [-0.2, -0.15) is 0 Å². The highest BCUT2D eigenvalue weighted by Gasteiger charge is 2.15. The first kappa shape index (κ1) is 20.7. The smallest absolute Gasteiger partial charge is 0.311 e. The van der Waals surface area contributed by atoms with Gasteiger partial charge in [0.25, 0.3) is 5.56 Å². The molecule has 9 nitrogen and oxygen atoms in total. The van der Waals surface area contributed by atoms with Crippen molar-refractivity contribution < 1.29 is 19.1 Å². The van der Waals surface area contributed by atoms with Crippen LogP contribution in [0.3, 0.4) is 0 Å². The zero-order valence-electron chi connectivity index (χ0n) is 14.4. The highest BCUT2D eigenvalue weighted by molar-refractivity contribution is 7.99. The van der Waals surface area contributed by atoms with Gasteiger partial charge in [-0.3, -0.25) is 19.2 Å². The third kappa shape index (κ3) is 7.84. The summed E-state index contributed by atoms with van der Waals surface area (Å²) in [5.74, 6) is -1.17. The largest absolute Gasteiger partial charge is 0.469 e. The summed E-state index contributed by atoms with van der Waals surface area (Å²) in [5, 5.41) is 5.46. The zero-order valence-corrected chi connectivity index (χ0v) is 15.2. The molecule has 1 aromatic rings. The van der Waals surface area contributed by atoms with E-state index in [0.29, 0.717) is 6.54 Å². The molecule has 2 amide bonds. The fraction of sp³-hybridized carbons (Fsp3) is 0.533. The third-order valence-electron chi connectivity index (χ3n) is 2.99. The first-order chi connectivity index (χ1) is 11.8. The Hall–Kier alpha value is -2.36. The van der Waals surface area contributed by atoms with Crippen molar-refractivity contribution >= 4 is 29.5 Å². The van der Waals surface area contributed by atoms with Gasteiger partial charge in [0.15, 0.2) is 5.16 Å². The van der Waals surface area contributed by atoms with Crippen molar-refractivity contribution in [3.05, 3.63) is 22.1 Å². The number of aromatic nitrogens is 2. The van der Waals surface area contributed by atoms with Crippen LogP contribution in [0.5, 0.6) is 0 Å². The molecule has 0 aliphatic carbocycles. The second-order valence-electron chi connectivity index (χ2n) is 5.16. The number of carbonyl (C=O) groups excluding carboxylic acids is 3. The molecular formula is C15H22N4O5S. The minimum atomic E-state index is -0.655. The van der Waals surface area contributed by atoms with Crippen molar-refractivity contribution in [2.24, 2.45) is 0 Å². The lowest BCUT2D eigenvalue weighted by atomic mass is 10.3. The highest BCUT2D eigenvalue weighted by Crippen LogP contribution is 2.11. The fourth-order valence-electron chi connectivity index (χ4n) is 1.75. The molecule has 3 N–H and O–H groups in total. The van der Waals surface area contributed by atoms with Gasteiger partial charge in [0.2, 0.25) is 11.8 Å². The van der Waals surface area contributed by atoms with Crippen LogP contribution in [0.25, 0.3) is 0 Å². The van der Waals surface area contributed by atoms with Gasteiger partial charge in [0, 0.05) is 12.6 Å². The molecule has 138 valence electrons. The number of thioether (sulfide) groups is 1. The number of nitrogens with one attached hydrogen (secondary N) is 3. The summed E-state index contributed by atoms with van der Waals surface area (Å²) in [6.07, 6.45) is 0.679. The molecule has 0 radical (unpaired) electrons. The van der Waals surface area contributed by atoms with Crippen LogP contribution in [0.15, 0.2) is 16.0 Å². The Morgan fingerprint density at radius 1 is 1.40 bits per heavy atom. The predicted octanol–water partition coefficient (Wildman–Crippen LogP) is -0.392. The van der Waals surface area contributed by atoms with E-state index in [4.69, 9.17) is 0 Å². The highest BCUT2D eigenvalue weighted by atomic mass is 32.2. The molecule has 10 heteroatoms. The van der Waals surface area contributed by atoms with Gasteiger partial charge in [0.1, 0.15) is 6.04 Å². The molecule has 0 fully saturated rings. The molecule has 1 heterocycles. The number of rotatable bonds is 9. The second kappa shape index (κ2) is 10.5. The van der Waals surface area contributed by atoms with E-state index in [1.165, 1.54) is 13.2 Å². The summed E-state index contributed by atoms with van der Waals surface area (Å²) in [5.41, 5.74) is -0.171. The Labute approximate surface area is 149 Å². The summed E-state index contributed by atoms with van der Waals surface area (Å²) in [7, 11) is 1.24. The maximum atomic E-state index is 11.9. The molecule has 25 heavy (non-hydrogen) atoms. The number of carbonyl (C=O) groups is 3. The first-order valence-corrected chi connectivity index (χ1v) is 8.71. The number of esters is 1. The van der Waals surface area contributed by atoms with Gasteiger partial charge in [-0.05, 0) is 13.3 Å². The lowest BCUT2D eigenvalue weighted by Crippen LogP contribution is -2.45. The number of H-pyrrole nitrogens is 1. The van der Waals surface area contributed by atoms with Crippen LogP contribution >= 0.6 is 11.8 Å². The molecule has 1 atom stereocenters. The van der Waals surface area contributed by atoms with Gasteiger partial charge in [-0.25, -0.2) is 4.98 Å². The van der Waals surface area contributed by atoms with E-state index in [1.807, 2.05) is 6.92 Å². The Bertz CT molecular complexity index is 676. The topological polar surface area (TPSA) is 130 Å². The number of hydrogen-bond acceptors (Lipinski definition) is 7. The van der Waals surface area contributed by atoms with Gasteiger partial charge in [-0.15, -0.1) is 0 Å². The normalized spacial score (nSPS) is 11.5. The van der Waals surface area contributed by atoms with Gasteiger partial charge >= 0.3 is 5.97 Å². The average molecular weight is 370 g/mol. The van der Waals surface area contributed by atoms with E-state index in [1.54, 1.807) is 6.92 Å². The summed E-state index contributed by atoms with van der Waals surface area (Å²) >= 11 is 1.00. The third-order valence-corrected chi connectivity index (χ3v) is 3.86. The molecule has 1 aromatic heterocycles. The van der Waals surface area contributed by atoms with Crippen LogP contribution in [0.1, 0.15) is 26.0 Å². The number of hydrogen-bond donors (Lipinski definition) is 3. The molecule has 0 unspecified atom stereocenters. The minimum Gasteiger partial charge on any atom is -0.469 e. The number of aromatic amines is 1. The Kier molecular flexibility index (Phi) is 8.68. The Morgan fingerprint density at radius 2 is 2.12 bits per heavy atom. The van der Waals surface area contributed by atoms with Crippen LogP contribution in [0.4, 0.5) is 0 Å². The SMILES string of the molecule is CCCNC(=O)[C@@H](C)NC(=O)CSc1nc(CC(=O)OC)cc(=O)[nH]1. The fourth-order valence-corrected chi connectivity index (χ4v) is 2.45. The number of nitrogens with zero attached hydrogens (tertiary/aromatic N) is 1. The Morgan fingerprint density at radius 3 is 2.76 bits per heavy atom. The van der Waals surface area contributed by atoms with Crippen LogP contribution in [0, 0.1) is 0 Å². The number of ether oxygens (including phenoxy) is 1. The van der Waals surface area contributed by atoms with Crippen LogP contribution in [-0.2, 0) is 25.5 Å². The maximum absolute atomic E-state index is 11.9. The molecule has 0 saturated carbocycles. The van der Waals surface area contributed by atoms with Crippen molar-refractivity contribution in [3.8, 4) is 0 Å². The molecule has 0 saturated heterocycles. The van der Waals surface area contributed by atoms with Gasteiger partial charge in [-0.1, -0.05) is 18.7 Å². The molecular weight excluding hydrogens is 348 g/mol. The quantitative estimate of drug-likeness (QED) is 0.306. The minimum absolute atomic E-state index is 0.0317. The van der Waals surface area contributed by atoms with E-state index >= 15 is 0 Å². The summed E-state index contributed by atoms with van der Waals surface area (Å²) < 4.78 is 4.53. The van der Waals surface area contributed by atoms with E-state index in [2.05, 4.69) is 25.3 Å². The molecule has 0 aliphatic rings. The lowest BCUT2D eigenvalue weighted by Gasteiger charge is -2.13. The van der Waals surface area contributed by atoms with E-state index in [0.717, 1.165) is 18.2 Å². The predicted molar refractivity (Wildman–Crippen MR) is 92.2 cm³/mol. The zero-order chi connectivity index (χ0) is 18.8. The summed E-state index contributed by atoms with van der Waals surface area (Å²) in [6, 6.07) is 0.540. The molecule has 1 rings (SSSR count). The molecule has 0 spiro atoms. The number of amides is 2. The van der Waals surface area contributed by atoms with Crippen molar-refractivity contribution in [1.29, 1.82) is 0 Å². The lowest BCUT2D eigenvalue weighted by molar-refractivity contribution is -0.139. The first-order valence-electron chi connectivity index (χ1n) is 7.72. The molecule has 0 bridgehead atoms. The van der Waals surface area contributed by atoms with Crippen molar-refractivity contribution in [3.63, 3.8) is 0 Å². The van der Waals surface area contributed by atoms with Crippen molar-refractivity contribution in [2.75, 3.05) is 19.4 Å². The van der Waals surface area contributed by atoms with E-state index < -0.39 is 17.6 Å². The van der Waals surface area contributed by atoms with Crippen LogP contribution in [0.2, 0.25) is 0 Å². The van der Waals surface area contributed by atoms with Crippen LogP contribution in [-0.4, -0.2) is 53.2 Å². The van der Waals surface area contributed by atoms with Crippen molar-refractivity contribution in [2.45, 2.75) is 37.9 Å². The second-order valence-corrected chi connectivity index (χ2v) is 6.13. The maximum Gasteiger partial charge on any atom is 0.311 e.